The van der Waals surface area contributed by atoms with Crippen molar-refractivity contribution in [3.63, 3.8) is 0 Å². The second-order valence-corrected chi connectivity index (χ2v) is 5.79. The van der Waals surface area contributed by atoms with Crippen molar-refractivity contribution in [3.8, 4) is 0 Å². The normalized spacial score (nSPS) is 12.3. The van der Waals surface area contributed by atoms with E-state index in [0.717, 1.165) is 18.8 Å². The highest BCUT2D eigenvalue weighted by Crippen LogP contribution is 2.15. The highest BCUT2D eigenvalue weighted by Gasteiger charge is 2.24. The Kier molecular flexibility index (Phi) is 4.70. The van der Waals surface area contributed by atoms with Crippen LogP contribution in [0, 0.1) is 6.92 Å². The quantitative estimate of drug-likeness (QED) is 0.780. The number of hydrogen-bond acceptors (Lipinski definition) is 3. The van der Waals surface area contributed by atoms with E-state index in [-0.39, 0.29) is 5.03 Å². The molecule has 0 aliphatic heterocycles. The maximum atomic E-state index is 12.2. The Bertz CT molecular complexity index is 461. The van der Waals surface area contributed by atoms with Crippen molar-refractivity contribution in [3.05, 3.63) is 12.0 Å². The minimum atomic E-state index is -3.42. The van der Waals surface area contributed by atoms with Gasteiger partial charge in [-0.3, -0.25) is 0 Å². The van der Waals surface area contributed by atoms with Gasteiger partial charge in [-0.05, 0) is 13.3 Å². The van der Waals surface area contributed by atoms with Crippen LogP contribution in [-0.2, 0) is 16.6 Å². The third-order valence-electron chi connectivity index (χ3n) is 2.73. The first-order chi connectivity index (χ1) is 7.97. The van der Waals surface area contributed by atoms with E-state index in [9.17, 15) is 8.42 Å². The molecule has 1 rings (SSSR count). The van der Waals surface area contributed by atoms with E-state index in [2.05, 4.69) is 11.9 Å². The molecular formula is C11H21N3O2S. The number of hydrogen-bond donors (Lipinski definition) is 0. The molecule has 17 heavy (non-hydrogen) atoms. The van der Waals surface area contributed by atoms with E-state index in [0.29, 0.717) is 13.1 Å². The number of nitrogens with zero attached hydrogens (tertiary/aromatic N) is 3. The van der Waals surface area contributed by atoms with Gasteiger partial charge in [0, 0.05) is 25.8 Å². The minimum Gasteiger partial charge on any atom is -0.334 e. The molecule has 0 aliphatic carbocycles. The standard InChI is InChI=1S/C11H21N3O2S/c1-5-8-13-9-11(12-10(13)4)17(15,16)14(6-2)7-3/h9H,5-8H2,1-4H3. The Labute approximate surface area is 104 Å². The number of imidazole rings is 1. The van der Waals surface area contributed by atoms with Crippen LogP contribution in [0.4, 0.5) is 0 Å². The van der Waals surface area contributed by atoms with Gasteiger partial charge in [0.05, 0.1) is 0 Å². The molecule has 1 heterocycles. The third-order valence-corrected chi connectivity index (χ3v) is 4.65. The molecule has 6 heteroatoms. The van der Waals surface area contributed by atoms with Crippen LogP contribution in [0.2, 0.25) is 0 Å². The molecule has 0 N–H and O–H groups in total. The lowest BCUT2D eigenvalue weighted by Crippen LogP contribution is -2.30. The molecule has 0 bridgehead atoms. The Morgan fingerprint density at radius 2 is 1.88 bits per heavy atom. The van der Waals surface area contributed by atoms with Crippen molar-refractivity contribution in [2.75, 3.05) is 13.1 Å². The van der Waals surface area contributed by atoms with Crippen molar-refractivity contribution in [1.82, 2.24) is 13.9 Å². The number of aryl methyl sites for hydroxylation is 2. The first kappa shape index (κ1) is 14.2. The summed E-state index contributed by atoms with van der Waals surface area (Å²) in [6.45, 7) is 9.28. The van der Waals surface area contributed by atoms with Gasteiger partial charge < -0.3 is 4.57 Å². The minimum absolute atomic E-state index is 0.159. The SMILES string of the molecule is CCCn1cc(S(=O)(=O)N(CC)CC)nc1C. The van der Waals surface area contributed by atoms with Crippen LogP contribution in [0.25, 0.3) is 0 Å². The van der Waals surface area contributed by atoms with Crippen LogP contribution in [0.15, 0.2) is 11.2 Å². The topological polar surface area (TPSA) is 55.2 Å². The first-order valence-corrected chi connectivity index (χ1v) is 7.45. The number of rotatable bonds is 6. The average molecular weight is 259 g/mol. The largest absolute Gasteiger partial charge is 0.334 e. The van der Waals surface area contributed by atoms with Crippen LogP contribution >= 0.6 is 0 Å². The van der Waals surface area contributed by atoms with Gasteiger partial charge in [-0.2, -0.15) is 4.31 Å². The maximum Gasteiger partial charge on any atom is 0.262 e. The van der Waals surface area contributed by atoms with Crippen LogP contribution < -0.4 is 0 Å². The molecule has 0 amide bonds. The number of sulfonamides is 1. The Hall–Kier alpha value is -0.880. The van der Waals surface area contributed by atoms with Crippen molar-refractivity contribution < 1.29 is 8.42 Å². The highest BCUT2D eigenvalue weighted by atomic mass is 32.2. The van der Waals surface area contributed by atoms with Crippen molar-refractivity contribution >= 4 is 10.0 Å². The van der Waals surface area contributed by atoms with Crippen LogP contribution in [0.1, 0.15) is 33.0 Å². The zero-order valence-corrected chi connectivity index (χ0v) is 11.8. The van der Waals surface area contributed by atoms with E-state index < -0.39 is 10.0 Å². The first-order valence-electron chi connectivity index (χ1n) is 6.01. The van der Waals surface area contributed by atoms with Crippen molar-refractivity contribution in [2.45, 2.75) is 45.7 Å². The van der Waals surface area contributed by atoms with Gasteiger partial charge in [-0.15, -0.1) is 0 Å². The molecule has 5 nitrogen and oxygen atoms in total. The zero-order valence-electron chi connectivity index (χ0n) is 11.0. The molecule has 0 fully saturated rings. The molecule has 0 unspecified atom stereocenters. The smallest absolute Gasteiger partial charge is 0.262 e. The predicted molar refractivity (Wildman–Crippen MR) is 67.4 cm³/mol. The van der Waals surface area contributed by atoms with Gasteiger partial charge >= 0.3 is 0 Å². The van der Waals surface area contributed by atoms with E-state index in [4.69, 9.17) is 0 Å². The second kappa shape index (κ2) is 5.64. The van der Waals surface area contributed by atoms with E-state index in [1.54, 1.807) is 6.20 Å². The second-order valence-electron chi connectivity index (χ2n) is 3.91. The van der Waals surface area contributed by atoms with Gasteiger partial charge in [0.15, 0.2) is 5.03 Å². The average Bonchev–Trinajstić information content (AvgIpc) is 2.63. The Morgan fingerprint density at radius 3 is 2.35 bits per heavy atom. The summed E-state index contributed by atoms with van der Waals surface area (Å²) in [6.07, 6.45) is 2.59. The van der Waals surface area contributed by atoms with Crippen LogP contribution in [-0.4, -0.2) is 35.4 Å². The molecule has 0 radical (unpaired) electrons. The molecular weight excluding hydrogens is 238 g/mol. The lowest BCUT2D eigenvalue weighted by molar-refractivity contribution is 0.443. The molecule has 0 spiro atoms. The summed E-state index contributed by atoms with van der Waals surface area (Å²) < 4.78 is 27.7. The van der Waals surface area contributed by atoms with E-state index in [1.165, 1.54) is 4.31 Å². The molecule has 98 valence electrons. The molecule has 0 saturated heterocycles. The summed E-state index contributed by atoms with van der Waals surface area (Å²) in [5.74, 6) is 0.748. The fourth-order valence-electron chi connectivity index (χ4n) is 1.77. The fraction of sp³-hybridized carbons (Fsp3) is 0.727. The summed E-state index contributed by atoms with van der Waals surface area (Å²) >= 11 is 0. The van der Waals surface area contributed by atoms with Gasteiger partial charge in [-0.25, -0.2) is 13.4 Å². The summed E-state index contributed by atoms with van der Waals surface area (Å²) in [6, 6.07) is 0. The van der Waals surface area contributed by atoms with Gasteiger partial charge in [-0.1, -0.05) is 20.8 Å². The van der Waals surface area contributed by atoms with Gasteiger partial charge in [0.2, 0.25) is 0 Å². The Balaban J connectivity index is 3.11. The highest BCUT2D eigenvalue weighted by molar-refractivity contribution is 7.89. The molecule has 0 aliphatic rings. The summed E-state index contributed by atoms with van der Waals surface area (Å²) in [7, 11) is -3.42. The summed E-state index contributed by atoms with van der Waals surface area (Å²) in [5.41, 5.74) is 0. The van der Waals surface area contributed by atoms with E-state index >= 15 is 0 Å². The van der Waals surface area contributed by atoms with Crippen molar-refractivity contribution in [2.24, 2.45) is 0 Å². The zero-order chi connectivity index (χ0) is 13.1. The molecule has 1 aromatic heterocycles. The van der Waals surface area contributed by atoms with E-state index in [1.807, 2.05) is 25.3 Å². The molecule has 1 aromatic rings. The van der Waals surface area contributed by atoms with Gasteiger partial charge in [0.1, 0.15) is 5.82 Å². The molecule has 0 atom stereocenters. The fourth-order valence-corrected chi connectivity index (χ4v) is 3.22. The maximum absolute atomic E-state index is 12.2. The third kappa shape index (κ3) is 2.87. The summed E-state index contributed by atoms with van der Waals surface area (Å²) in [4.78, 5) is 4.15. The summed E-state index contributed by atoms with van der Waals surface area (Å²) in [5, 5.41) is 0.159. The molecule has 0 saturated carbocycles. The van der Waals surface area contributed by atoms with Gasteiger partial charge in [0.25, 0.3) is 10.0 Å². The predicted octanol–water partition coefficient (Wildman–Crippen LogP) is 1.63. The van der Waals surface area contributed by atoms with Crippen LogP contribution in [0.3, 0.4) is 0 Å². The van der Waals surface area contributed by atoms with Crippen LogP contribution in [0.5, 0.6) is 0 Å². The molecule has 0 aromatic carbocycles. The lowest BCUT2D eigenvalue weighted by Gasteiger charge is -2.16. The number of aromatic nitrogens is 2. The lowest BCUT2D eigenvalue weighted by atomic mass is 10.5. The van der Waals surface area contributed by atoms with Crippen molar-refractivity contribution in [1.29, 1.82) is 0 Å². The monoisotopic (exact) mass is 259 g/mol. The Morgan fingerprint density at radius 1 is 1.29 bits per heavy atom.